The maximum absolute atomic E-state index is 9.95. The van der Waals surface area contributed by atoms with Gasteiger partial charge in [-0.05, 0) is 0 Å². The van der Waals surface area contributed by atoms with E-state index < -0.39 is 5.06 Å². The van der Waals surface area contributed by atoms with E-state index in [1.807, 2.05) is 0 Å². The summed E-state index contributed by atoms with van der Waals surface area (Å²) in [6, 6.07) is 0. The first-order valence-corrected chi connectivity index (χ1v) is 2.86. The average Bonchev–Trinajstić information content (AvgIpc) is 1.87. The molecule has 2 nitrogen and oxygen atoms in total. The van der Waals surface area contributed by atoms with E-state index in [0.717, 1.165) is 0 Å². The molecule has 0 aliphatic carbocycles. The van der Waals surface area contributed by atoms with Gasteiger partial charge < -0.3 is 4.74 Å². The first-order chi connectivity index (χ1) is 3.68. The third-order valence-electron chi connectivity index (χ3n) is 0.698. The second-order valence-corrected chi connectivity index (χ2v) is 2.15. The minimum Gasteiger partial charge on any atom is -0.355 e. The van der Waals surface area contributed by atoms with Crippen molar-refractivity contribution in [2.75, 3.05) is 13.0 Å². The number of aldehydes is 1. The zero-order valence-electron chi connectivity index (χ0n) is 4.36. The molecule has 48 valence electrons. The molecule has 1 unspecified atom stereocenters. The van der Waals surface area contributed by atoms with Crippen LogP contribution in [0.4, 0.5) is 0 Å². The lowest BCUT2D eigenvalue weighted by molar-refractivity contribution is -0.118. The largest absolute Gasteiger partial charge is 0.355 e. The van der Waals surface area contributed by atoms with Crippen LogP contribution in [0.2, 0.25) is 0 Å². The molecule has 0 heterocycles. The molecule has 0 bridgehead atoms. The van der Waals surface area contributed by atoms with E-state index in [1.54, 1.807) is 0 Å². The normalized spacial score (nSPS) is 17.4. The molecule has 4 heteroatoms. The van der Waals surface area contributed by atoms with Gasteiger partial charge >= 0.3 is 0 Å². The summed E-state index contributed by atoms with van der Waals surface area (Å²) in [5, 5.41) is -1.32. The molecule has 0 aromatic rings. The van der Waals surface area contributed by atoms with E-state index in [0.29, 0.717) is 6.29 Å². The number of rotatable bonds is 3. The van der Waals surface area contributed by atoms with Gasteiger partial charge in [-0.15, -0.1) is 11.6 Å². The Labute approximate surface area is 57.7 Å². The fourth-order valence-corrected chi connectivity index (χ4v) is 0.306. The van der Waals surface area contributed by atoms with Gasteiger partial charge in [0.2, 0.25) is 5.06 Å². The van der Waals surface area contributed by atoms with Crippen molar-refractivity contribution in [1.82, 2.24) is 0 Å². The monoisotopic (exact) mass is 156 g/mol. The summed E-state index contributed by atoms with van der Waals surface area (Å²) in [4.78, 5) is 9.95. The summed E-state index contributed by atoms with van der Waals surface area (Å²) < 4.78 is 4.50. The average molecular weight is 157 g/mol. The maximum Gasteiger partial charge on any atom is 0.210 e. The van der Waals surface area contributed by atoms with Crippen LogP contribution in [0, 0.1) is 0 Å². The molecule has 0 radical (unpaired) electrons. The van der Waals surface area contributed by atoms with Crippen LogP contribution in [0.3, 0.4) is 0 Å². The molecule has 8 heavy (non-hydrogen) atoms. The zero-order chi connectivity index (χ0) is 6.62. The molecule has 0 N–H and O–H groups in total. The minimum atomic E-state index is -1.32. The highest BCUT2D eigenvalue weighted by Gasteiger charge is 2.23. The smallest absolute Gasteiger partial charge is 0.210 e. The van der Waals surface area contributed by atoms with E-state index in [1.165, 1.54) is 7.11 Å². The van der Waals surface area contributed by atoms with Crippen LogP contribution in [-0.2, 0) is 9.53 Å². The Bertz CT molecular complexity index is 80.1. The predicted octanol–water partition coefficient (Wildman–Crippen LogP) is 1.01. The Morgan fingerprint density at radius 3 is 2.38 bits per heavy atom. The fourth-order valence-electron chi connectivity index (χ4n) is 0.134. The number of carbonyl (C=O) groups excluding carboxylic acids is 1. The summed E-state index contributed by atoms with van der Waals surface area (Å²) >= 11 is 10.6. The number of carbonyl (C=O) groups is 1. The summed E-state index contributed by atoms with van der Waals surface area (Å²) in [7, 11) is 1.32. The van der Waals surface area contributed by atoms with Crippen LogP contribution in [0.25, 0.3) is 0 Å². The van der Waals surface area contributed by atoms with Crippen LogP contribution < -0.4 is 0 Å². The summed E-state index contributed by atoms with van der Waals surface area (Å²) in [5.41, 5.74) is 0. The SMILES string of the molecule is COC(Cl)(C=O)CCl. The Morgan fingerprint density at radius 2 is 2.38 bits per heavy atom. The molecule has 0 fully saturated rings. The number of alkyl halides is 2. The van der Waals surface area contributed by atoms with E-state index in [9.17, 15) is 4.79 Å². The molecule has 0 rings (SSSR count). The van der Waals surface area contributed by atoms with Crippen molar-refractivity contribution in [3.63, 3.8) is 0 Å². The molecule has 0 aromatic heterocycles. The van der Waals surface area contributed by atoms with Crippen LogP contribution >= 0.6 is 23.2 Å². The molecule has 1 atom stereocenters. The van der Waals surface area contributed by atoms with Crippen molar-refractivity contribution >= 4 is 29.5 Å². The molecular weight excluding hydrogens is 151 g/mol. The van der Waals surface area contributed by atoms with Gasteiger partial charge in [0.25, 0.3) is 0 Å². The van der Waals surface area contributed by atoms with Crippen molar-refractivity contribution in [3.05, 3.63) is 0 Å². The van der Waals surface area contributed by atoms with Crippen molar-refractivity contribution in [1.29, 1.82) is 0 Å². The first kappa shape index (κ1) is 8.21. The minimum absolute atomic E-state index is 0.0332. The standard InChI is InChI=1S/C4H6Cl2O2/c1-8-4(6,2-5)3-7/h3H,2H2,1H3. The summed E-state index contributed by atoms with van der Waals surface area (Å²) in [6.07, 6.45) is 0.460. The Hall–Kier alpha value is 0.210. The summed E-state index contributed by atoms with van der Waals surface area (Å²) in [5.74, 6) is -0.0332. The molecule has 0 spiro atoms. The van der Waals surface area contributed by atoms with Crippen molar-refractivity contribution in [2.24, 2.45) is 0 Å². The molecule has 0 aliphatic rings. The van der Waals surface area contributed by atoms with Gasteiger partial charge in [0.1, 0.15) is 0 Å². The van der Waals surface area contributed by atoms with Crippen molar-refractivity contribution < 1.29 is 9.53 Å². The quantitative estimate of drug-likeness (QED) is 0.451. The van der Waals surface area contributed by atoms with Gasteiger partial charge in [0.05, 0.1) is 5.88 Å². The highest BCUT2D eigenvalue weighted by molar-refractivity contribution is 6.35. The number of hydrogen-bond donors (Lipinski definition) is 0. The van der Waals surface area contributed by atoms with E-state index in [-0.39, 0.29) is 5.88 Å². The lowest BCUT2D eigenvalue weighted by Crippen LogP contribution is -2.27. The van der Waals surface area contributed by atoms with Crippen molar-refractivity contribution in [2.45, 2.75) is 5.06 Å². The van der Waals surface area contributed by atoms with Gasteiger partial charge in [-0.1, -0.05) is 11.6 Å². The van der Waals surface area contributed by atoms with Gasteiger partial charge in [0.15, 0.2) is 6.29 Å². The van der Waals surface area contributed by atoms with Gasteiger partial charge in [0, 0.05) is 7.11 Å². The Morgan fingerprint density at radius 1 is 1.88 bits per heavy atom. The van der Waals surface area contributed by atoms with Crippen LogP contribution in [0.1, 0.15) is 0 Å². The fraction of sp³-hybridized carbons (Fsp3) is 0.750. The third-order valence-corrected chi connectivity index (χ3v) is 1.61. The Kier molecular flexibility index (Phi) is 3.36. The molecule has 0 saturated carbocycles. The lowest BCUT2D eigenvalue weighted by atomic mass is 10.4. The Balaban J connectivity index is 3.76. The third kappa shape index (κ3) is 1.99. The van der Waals surface area contributed by atoms with E-state index in [4.69, 9.17) is 23.2 Å². The van der Waals surface area contributed by atoms with E-state index >= 15 is 0 Å². The highest BCUT2D eigenvalue weighted by atomic mass is 35.5. The van der Waals surface area contributed by atoms with Crippen LogP contribution in [-0.4, -0.2) is 24.3 Å². The zero-order valence-corrected chi connectivity index (χ0v) is 5.87. The molecule has 0 aromatic carbocycles. The number of hydrogen-bond acceptors (Lipinski definition) is 2. The lowest BCUT2D eigenvalue weighted by Gasteiger charge is -2.12. The molecule has 0 amide bonds. The maximum atomic E-state index is 9.95. The molecular formula is C4H6Cl2O2. The topological polar surface area (TPSA) is 26.3 Å². The summed E-state index contributed by atoms with van der Waals surface area (Å²) in [6.45, 7) is 0. The van der Waals surface area contributed by atoms with Gasteiger partial charge in [-0.3, -0.25) is 4.79 Å². The van der Waals surface area contributed by atoms with Crippen LogP contribution in [0.5, 0.6) is 0 Å². The molecule has 0 aliphatic heterocycles. The molecule has 0 saturated heterocycles. The number of ether oxygens (including phenoxy) is 1. The van der Waals surface area contributed by atoms with E-state index in [2.05, 4.69) is 4.74 Å². The van der Waals surface area contributed by atoms with Crippen LogP contribution in [0.15, 0.2) is 0 Å². The van der Waals surface area contributed by atoms with Gasteiger partial charge in [-0.2, -0.15) is 0 Å². The number of methoxy groups -OCH3 is 1. The second-order valence-electron chi connectivity index (χ2n) is 1.24. The van der Waals surface area contributed by atoms with Gasteiger partial charge in [-0.25, -0.2) is 0 Å². The first-order valence-electron chi connectivity index (χ1n) is 1.95. The van der Waals surface area contributed by atoms with Crippen molar-refractivity contribution in [3.8, 4) is 0 Å². The number of halogens is 2. The highest BCUT2D eigenvalue weighted by Crippen LogP contribution is 2.13. The second kappa shape index (κ2) is 3.28. The predicted molar refractivity (Wildman–Crippen MR) is 32.4 cm³/mol.